The van der Waals surface area contributed by atoms with Gasteiger partial charge < -0.3 is 23.8 Å². The van der Waals surface area contributed by atoms with E-state index in [0.717, 1.165) is 35.4 Å². The molecule has 0 bridgehead atoms. The van der Waals surface area contributed by atoms with Gasteiger partial charge in [-0.3, -0.25) is 0 Å². The van der Waals surface area contributed by atoms with E-state index in [9.17, 15) is 8.42 Å². The number of ether oxygens (including phenoxy) is 4. The fourth-order valence-electron chi connectivity index (χ4n) is 5.33. The highest BCUT2D eigenvalue weighted by molar-refractivity contribution is 7.89. The van der Waals surface area contributed by atoms with E-state index in [1.54, 1.807) is 26.4 Å². The fourth-order valence-corrected chi connectivity index (χ4v) is 6.77. The van der Waals surface area contributed by atoms with Crippen LogP contribution in [0.15, 0.2) is 35.2 Å². The van der Waals surface area contributed by atoms with Gasteiger partial charge in [-0.2, -0.15) is 4.31 Å². The lowest BCUT2D eigenvalue weighted by Crippen LogP contribution is -2.49. The van der Waals surface area contributed by atoms with E-state index in [0.29, 0.717) is 55.1 Å². The van der Waals surface area contributed by atoms with E-state index in [2.05, 4.69) is 4.90 Å². The zero-order valence-corrected chi connectivity index (χ0v) is 23.1. The summed E-state index contributed by atoms with van der Waals surface area (Å²) in [5, 5.41) is 0.862. The molecule has 1 saturated carbocycles. The molecule has 0 N–H and O–H groups in total. The molecule has 1 aromatic heterocycles. The number of benzene rings is 2. The number of rotatable bonds is 8. The van der Waals surface area contributed by atoms with Crippen LogP contribution in [0.5, 0.6) is 23.0 Å². The Bertz CT molecular complexity index is 1420. The van der Waals surface area contributed by atoms with Crippen LogP contribution in [-0.4, -0.2) is 77.3 Å². The Hall–Kier alpha value is -3.31. The summed E-state index contributed by atoms with van der Waals surface area (Å²) in [6.45, 7) is 1.65. The lowest BCUT2D eigenvalue weighted by molar-refractivity contribution is 0.353. The molecule has 2 aliphatic rings. The molecular weight excluding hydrogens is 508 g/mol. The van der Waals surface area contributed by atoms with Gasteiger partial charge >= 0.3 is 0 Å². The predicted molar refractivity (Wildman–Crippen MR) is 144 cm³/mol. The lowest BCUT2D eigenvalue weighted by atomic mass is 10.1. The van der Waals surface area contributed by atoms with Gasteiger partial charge in [0.25, 0.3) is 0 Å². The molecule has 2 heterocycles. The van der Waals surface area contributed by atoms with Gasteiger partial charge in [0.15, 0.2) is 23.0 Å². The SMILES string of the molecule is COc1ccc(S(=O)(=O)N2CCN(c3nc(C4CCCC4)nc4cc(OC)c(OC)cc34)CC2)cc1OC. The molecule has 0 radical (unpaired) electrons. The van der Waals surface area contributed by atoms with Gasteiger partial charge in [0.05, 0.1) is 38.9 Å². The van der Waals surface area contributed by atoms with Gasteiger partial charge in [0, 0.05) is 49.6 Å². The van der Waals surface area contributed by atoms with E-state index >= 15 is 0 Å². The van der Waals surface area contributed by atoms with Crippen molar-refractivity contribution in [3.63, 3.8) is 0 Å². The normalized spacial score (nSPS) is 17.1. The number of anilines is 1. The van der Waals surface area contributed by atoms with E-state index < -0.39 is 10.0 Å². The van der Waals surface area contributed by atoms with Crippen molar-refractivity contribution in [3.8, 4) is 23.0 Å². The number of hydrogen-bond donors (Lipinski definition) is 0. The van der Waals surface area contributed by atoms with Crippen LogP contribution < -0.4 is 23.8 Å². The Morgan fingerprint density at radius 3 is 2.00 bits per heavy atom. The van der Waals surface area contributed by atoms with E-state index in [4.69, 9.17) is 28.9 Å². The Kier molecular flexibility index (Phi) is 7.49. The molecule has 38 heavy (non-hydrogen) atoms. The van der Waals surface area contributed by atoms with E-state index in [-0.39, 0.29) is 4.90 Å². The first-order valence-electron chi connectivity index (χ1n) is 12.8. The largest absolute Gasteiger partial charge is 0.493 e. The monoisotopic (exact) mass is 542 g/mol. The van der Waals surface area contributed by atoms with Crippen LogP contribution in [0.2, 0.25) is 0 Å². The topological polar surface area (TPSA) is 103 Å². The zero-order chi connectivity index (χ0) is 26.9. The Balaban J connectivity index is 1.45. The van der Waals surface area contributed by atoms with Gasteiger partial charge in [-0.1, -0.05) is 12.8 Å². The summed E-state index contributed by atoms with van der Waals surface area (Å²) in [7, 11) is 2.52. The molecule has 1 aliphatic carbocycles. The zero-order valence-electron chi connectivity index (χ0n) is 22.3. The molecule has 2 fully saturated rings. The molecular formula is C27H34N4O6S. The van der Waals surface area contributed by atoms with Gasteiger partial charge in [0.2, 0.25) is 10.0 Å². The maximum Gasteiger partial charge on any atom is 0.243 e. The van der Waals surface area contributed by atoms with Crippen molar-refractivity contribution in [2.75, 3.05) is 59.5 Å². The average Bonchev–Trinajstić information content (AvgIpc) is 3.50. The van der Waals surface area contributed by atoms with Crippen LogP contribution in [0, 0.1) is 0 Å². The average molecular weight is 543 g/mol. The highest BCUT2D eigenvalue weighted by atomic mass is 32.2. The van der Waals surface area contributed by atoms with Crippen molar-refractivity contribution >= 4 is 26.7 Å². The summed E-state index contributed by atoms with van der Waals surface area (Å²) >= 11 is 0. The summed E-state index contributed by atoms with van der Waals surface area (Å²) in [5.74, 6) is 4.07. The first-order valence-corrected chi connectivity index (χ1v) is 14.2. The summed E-state index contributed by atoms with van der Waals surface area (Å²) in [6.07, 6.45) is 4.52. The molecule has 3 aromatic rings. The lowest BCUT2D eigenvalue weighted by Gasteiger charge is -2.35. The fraction of sp³-hybridized carbons (Fsp3) is 0.481. The highest BCUT2D eigenvalue weighted by Crippen LogP contribution is 2.39. The number of hydrogen-bond acceptors (Lipinski definition) is 9. The third kappa shape index (κ3) is 4.80. The highest BCUT2D eigenvalue weighted by Gasteiger charge is 2.31. The molecule has 5 rings (SSSR count). The number of nitrogens with zero attached hydrogens (tertiary/aromatic N) is 4. The maximum atomic E-state index is 13.4. The van der Waals surface area contributed by atoms with Crippen molar-refractivity contribution in [1.82, 2.24) is 14.3 Å². The minimum atomic E-state index is -3.71. The standard InChI is InChI=1S/C27H34N4O6S/c1-34-22-10-9-19(15-23(22)35-2)38(32,33)31-13-11-30(12-14-31)27-20-16-24(36-3)25(37-4)17-21(20)28-26(29-27)18-7-5-6-8-18/h9-10,15-18H,5-8,11-14H2,1-4H3. The van der Waals surface area contributed by atoms with Crippen molar-refractivity contribution in [1.29, 1.82) is 0 Å². The van der Waals surface area contributed by atoms with E-state index in [1.165, 1.54) is 37.4 Å². The van der Waals surface area contributed by atoms with Crippen LogP contribution in [0.1, 0.15) is 37.4 Å². The minimum Gasteiger partial charge on any atom is -0.493 e. The molecule has 2 aromatic carbocycles. The first-order chi connectivity index (χ1) is 18.4. The van der Waals surface area contributed by atoms with Gasteiger partial charge in [0.1, 0.15) is 11.6 Å². The Labute approximate surface area is 223 Å². The van der Waals surface area contributed by atoms with Crippen LogP contribution in [0.3, 0.4) is 0 Å². The molecule has 11 heteroatoms. The summed E-state index contributed by atoms with van der Waals surface area (Å²) in [5.41, 5.74) is 0.801. The molecule has 204 valence electrons. The summed E-state index contributed by atoms with van der Waals surface area (Å²) < 4.78 is 50.1. The third-order valence-electron chi connectivity index (χ3n) is 7.45. The maximum absolute atomic E-state index is 13.4. The molecule has 0 amide bonds. The van der Waals surface area contributed by atoms with Crippen molar-refractivity contribution in [2.24, 2.45) is 0 Å². The predicted octanol–water partition coefficient (Wildman–Crippen LogP) is 3.83. The number of fused-ring (bicyclic) bond motifs is 1. The van der Waals surface area contributed by atoms with Crippen molar-refractivity contribution in [3.05, 3.63) is 36.2 Å². The number of piperazine rings is 1. The van der Waals surface area contributed by atoms with Crippen LogP contribution in [0.4, 0.5) is 5.82 Å². The molecule has 0 spiro atoms. The van der Waals surface area contributed by atoms with Gasteiger partial charge in [-0.15, -0.1) is 0 Å². The van der Waals surface area contributed by atoms with Crippen molar-refractivity contribution in [2.45, 2.75) is 36.5 Å². The van der Waals surface area contributed by atoms with Crippen molar-refractivity contribution < 1.29 is 27.4 Å². The Morgan fingerprint density at radius 2 is 1.37 bits per heavy atom. The molecule has 1 saturated heterocycles. The van der Waals surface area contributed by atoms with Gasteiger partial charge in [-0.25, -0.2) is 18.4 Å². The number of sulfonamides is 1. The number of methoxy groups -OCH3 is 4. The second kappa shape index (κ2) is 10.8. The molecule has 1 aliphatic heterocycles. The third-order valence-corrected chi connectivity index (χ3v) is 9.34. The smallest absolute Gasteiger partial charge is 0.243 e. The van der Waals surface area contributed by atoms with Crippen LogP contribution in [0.25, 0.3) is 10.9 Å². The quantitative estimate of drug-likeness (QED) is 0.420. The number of aromatic nitrogens is 2. The van der Waals surface area contributed by atoms with Crippen LogP contribution >= 0.6 is 0 Å². The second-order valence-electron chi connectivity index (χ2n) is 9.52. The molecule has 10 nitrogen and oxygen atoms in total. The van der Waals surface area contributed by atoms with E-state index in [1.807, 2.05) is 12.1 Å². The summed E-state index contributed by atoms with van der Waals surface area (Å²) in [4.78, 5) is 12.3. The molecule has 0 atom stereocenters. The Morgan fingerprint density at radius 1 is 0.763 bits per heavy atom. The first kappa shape index (κ1) is 26.3. The summed E-state index contributed by atoms with van der Waals surface area (Å²) in [6, 6.07) is 8.48. The second-order valence-corrected chi connectivity index (χ2v) is 11.5. The van der Waals surface area contributed by atoms with Crippen LogP contribution in [-0.2, 0) is 10.0 Å². The minimum absolute atomic E-state index is 0.177. The molecule has 0 unspecified atom stereocenters. The van der Waals surface area contributed by atoms with Gasteiger partial charge in [-0.05, 0) is 31.0 Å².